The molecule has 44 heavy (non-hydrogen) atoms. The fourth-order valence-corrected chi connectivity index (χ4v) is 3.68. The third-order valence-corrected chi connectivity index (χ3v) is 6.13. The molecule has 11 heteroatoms. The van der Waals surface area contributed by atoms with Gasteiger partial charge in [0.15, 0.2) is 11.6 Å². The largest absolute Gasteiger partial charge is 0.508 e. The average molecular weight is 647 g/mol. The number of aromatic hydroxyl groups is 4. The number of carbonyl (C=O) groups excluding carboxylic acids is 2. The van der Waals surface area contributed by atoms with E-state index in [9.17, 15) is 19.8 Å². The van der Waals surface area contributed by atoms with Gasteiger partial charge in [0.2, 0.25) is 0 Å². The molecular weight excluding hydrogens is 609 g/mol. The number of hydrogen-bond acceptors (Lipinski definition) is 9. The summed E-state index contributed by atoms with van der Waals surface area (Å²) in [6.07, 6.45) is -1.24. The molecule has 0 radical (unpaired) electrons. The predicted molar refractivity (Wildman–Crippen MR) is 172 cm³/mol. The fraction of sp³-hybridized carbons (Fsp3) is 0.212. The Kier molecular flexibility index (Phi) is 17.9. The van der Waals surface area contributed by atoms with Gasteiger partial charge in [-0.25, -0.2) is 0 Å². The van der Waals surface area contributed by atoms with Crippen LogP contribution in [0.2, 0.25) is 0 Å². The molecule has 0 aromatic heterocycles. The van der Waals surface area contributed by atoms with E-state index in [2.05, 4.69) is 5.32 Å². The number of phenolic OH excluding ortho intramolecular Hbond substituents is 4. The summed E-state index contributed by atoms with van der Waals surface area (Å²) < 4.78 is 0. The molecule has 0 aliphatic rings. The minimum absolute atomic E-state index is 0.0316. The van der Waals surface area contributed by atoms with E-state index in [4.69, 9.17) is 43.6 Å². The Hall–Kier alpha value is -4.12. The number of nitrogens with one attached hydrogen (secondary N) is 1. The van der Waals surface area contributed by atoms with Crippen molar-refractivity contribution in [2.75, 3.05) is 25.4 Å². The molecule has 2 atom stereocenters. The van der Waals surface area contributed by atoms with Crippen molar-refractivity contribution in [2.24, 2.45) is 0 Å². The SMILES string of the molecule is CC(=O)c1cccc(O)c1.CNC[C@H](O)c1cccc(O)c1.O=C(CCl)c1cccc(O)c1.Oc1cccc([C@@H](O)CCl)c1. The Morgan fingerprint density at radius 1 is 0.659 bits per heavy atom. The molecule has 0 saturated carbocycles. The lowest BCUT2D eigenvalue weighted by Gasteiger charge is -2.09. The van der Waals surface area contributed by atoms with Gasteiger partial charge in [0.1, 0.15) is 23.0 Å². The quantitative estimate of drug-likeness (QED) is 0.0936. The summed E-state index contributed by atoms with van der Waals surface area (Å²) in [5.41, 5.74) is 2.35. The second-order valence-corrected chi connectivity index (χ2v) is 9.72. The highest BCUT2D eigenvalue weighted by atomic mass is 35.5. The summed E-state index contributed by atoms with van der Waals surface area (Å²) in [5.74, 6) is 0.425. The summed E-state index contributed by atoms with van der Waals surface area (Å²) in [5, 5.41) is 57.5. The maximum Gasteiger partial charge on any atom is 0.177 e. The zero-order chi connectivity index (χ0) is 33.1. The van der Waals surface area contributed by atoms with Gasteiger partial charge >= 0.3 is 0 Å². The molecule has 4 rings (SSSR count). The Balaban J connectivity index is 0.000000294. The van der Waals surface area contributed by atoms with Crippen molar-refractivity contribution in [1.29, 1.82) is 0 Å². The number of Topliss-reactive ketones (excluding diaryl/α,β-unsaturated/α-hetero) is 2. The molecule has 0 bridgehead atoms. The number of halogens is 2. The molecule has 0 fully saturated rings. The van der Waals surface area contributed by atoms with Gasteiger partial charge in [0.25, 0.3) is 0 Å². The standard InChI is InChI=1S/C9H13NO2.C8H9ClO2.C8H7ClO2.C8H8O2/c1-10-6-9(12)7-3-2-4-8(11)5-7;2*9-5-8(11)6-2-1-3-7(10)4-6;1-6(9)7-3-2-4-8(10)5-7/h2-5,9-12H,6H2,1H3;1-4,8,10-11H,5H2;1-4,10H,5H2;2-5,10H,1H3/t9-;8-;;/m00../s1. The number of ketones is 2. The van der Waals surface area contributed by atoms with Gasteiger partial charge in [-0.15, -0.1) is 23.2 Å². The van der Waals surface area contributed by atoms with Crippen LogP contribution >= 0.6 is 23.2 Å². The van der Waals surface area contributed by atoms with Crippen LogP contribution in [0.15, 0.2) is 97.1 Å². The Labute approximate surface area is 266 Å². The normalized spacial score (nSPS) is 11.2. The highest BCUT2D eigenvalue weighted by Crippen LogP contribution is 2.19. The second kappa shape index (κ2) is 20.7. The van der Waals surface area contributed by atoms with Crippen LogP contribution in [0.5, 0.6) is 23.0 Å². The van der Waals surface area contributed by atoms with Crippen LogP contribution in [0.25, 0.3) is 0 Å². The minimum Gasteiger partial charge on any atom is -0.508 e. The first-order valence-electron chi connectivity index (χ1n) is 13.2. The van der Waals surface area contributed by atoms with Crippen molar-refractivity contribution in [2.45, 2.75) is 19.1 Å². The van der Waals surface area contributed by atoms with Crippen LogP contribution in [0.3, 0.4) is 0 Å². The average Bonchev–Trinajstić information content (AvgIpc) is 3.01. The third kappa shape index (κ3) is 14.9. The molecule has 0 saturated heterocycles. The molecule has 4 aromatic carbocycles. The number of hydrogen-bond donors (Lipinski definition) is 7. The fourth-order valence-electron chi connectivity index (χ4n) is 3.35. The van der Waals surface area contributed by atoms with E-state index in [1.54, 1.807) is 73.8 Å². The van der Waals surface area contributed by atoms with E-state index in [0.717, 1.165) is 5.56 Å². The predicted octanol–water partition coefficient (Wildman–Crippen LogP) is 5.72. The van der Waals surface area contributed by atoms with E-state index in [-0.39, 0.29) is 46.3 Å². The summed E-state index contributed by atoms with van der Waals surface area (Å²) >= 11 is 10.7. The molecule has 0 spiro atoms. The topological polar surface area (TPSA) is 168 Å². The molecule has 0 aliphatic heterocycles. The number of alkyl halides is 2. The lowest BCUT2D eigenvalue weighted by atomic mass is 10.1. The summed E-state index contributed by atoms with van der Waals surface area (Å²) in [6, 6.07) is 25.5. The minimum atomic E-state index is -0.691. The zero-order valence-corrected chi connectivity index (χ0v) is 25.8. The third-order valence-electron chi connectivity index (χ3n) is 5.60. The molecule has 4 aromatic rings. The van der Waals surface area contributed by atoms with E-state index in [1.165, 1.54) is 37.3 Å². The van der Waals surface area contributed by atoms with E-state index < -0.39 is 12.2 Å². The van der Waals surface area contributed by atoms with Crippen molar-refractivity contribution in [3.8, 4) is 23.0 Å². The number of rotatable bonds is 8. The van der Waals surface area contributed by atoms with Crippen LogP contribution in [-0.2, 0) is 0 Å². The maximum atomic E-state index is 10.9. The van der Waals surface area contributed by atoms with Gasteiger partial charge in [-0.2, -0.15) is 0 Å². The lowest BCUT2D eigenvalue weighted by Crippen LogP contribution is -2.16. The lowest BCUT2D eigenvalue weighted by molar-refractivity contribution is 0.101. The van der Waals surface area contributed by atoms with Crippen molar-refractivity contribution in [1.82, 2.24) is 5.32 Å². The molecule has 0 amide bonds. The molecule has 236 valence electrons. The van der Waals surface area contributed by atoms with Gasteiger partial charge in [-0.1, -0.05) is 48.5 Å². The summed E-state index contributed by atoms with van der Waals surface area (Å²) in [4.78, 5) is 21.6. The Bertz CT molecular complexity index is 1450. The van der Waals surface area contributed by atoms with Crippen LogP contribution < -0.4 is 5.32 Å². The number of carbonyl (C=O) groups is 2. The van der Waals surface area contributed by atoms with Crippen molar-refractivity contribution in [3.05, 3.63) is 119 Å². The molecule has 7 N–H and O–H groups in total. The summed E-state index contributed by atoms with van der Waals surface area (Å²) in [7, 11) is 1.77. The van der Waals surface area contributed by atoms with E-state index >= 15 is 0 Å². The Morgan fingerprint density at radius 3 is 1.43 bits per heavy atom. The number of benzene rings is 4. The van der Waals surface area contributed by atoms with Crippen molar-refractivity contribution in [3.63, 3.8) is 0 Å². The highest BCUT2D eigenvalue weighted by Gasteiger charge is 2.06. The monoisotopic (exact) mass is 645 g/mol. The van der Waals surface area contributed by atoms with Gasteiger partial charge in [0, 0.05) is 17.7 Å². The molecule has 0 heterocycles. The first-order chi connectivity index (χ1) is 20.9. The van der Waals surface area contributed by atoms with Crippen molar-refractivity contribution >= 4 is 34.8 Å². The molecule has 9 nitrogen and oxygen atoms in total. The van der Waals surface area contributed by atoms with E-state index in [0.29, 0.717) is 23.2 Å². The maximum absolute atomic E-state index is 10.9. The van der Waals surface area contributed by atoms with Gasteiger partial charge in [-0.3, -0.25) is 9.59 Å². The van der Waals surface area contributed by atoms with Crippen LogP contribution in [0, 0.1) is 0 Å². The van der Waals surface area contributed by atoms with Crippen LogP contribution in [0.1, 0.15) is 51.0 Å². The number of likely N-dealkylation sites (N-methyl/N-ethyl adjacent to an activating group) is 1. The van der Waals surface area contributed by atoms with Gasteiger partial charge in [0.05, 0.1) is 24.0 Å². The first kappa shape index (κ1) is 37.9. The molecule has 0 unspecified atom stereocenters. The Morgan fingerprint density at radius 2 is 1.07 bits per heavy atom. The number of aliphatic hydroxyl groups is 2. The van der Waals surface area contributed by atoms with Crippen molar-refractivity contribution < 1.29 is 40.2 Å². The van der Waals surface area contributed by atoms with Gasteiger partial charge < -0.3 is 36.0 Å². The van der Waals surface area contributed by atoms with Crippen LogP contribution in [0.4, 0.5) is 0 Å². The first-order valence-corrected chi connectivity index (χ1v) is 14.3. The smallest absolute Gasteiger partial charge is 0.177 e. The number of aliphatic hydroxyl groups excluding tert-OH is 2. The van der Waals surface area contributed by atoms with Crippen LogP contribution in [-0.4, -0.2) is 67.6 Å². The zero-order valence-electron chi connectivity index (χ0n) is 24.3. The molecule has 0 aliphatic carbocycles. The highest BCUT2D eigenvalue weighted by molar-refractivity contribution is 6.30. The van der Waals surface area contributed by atoms with Gasteiger partial charge in [-0.05, 0) is 73.6 Å². The number of phenols is 4. The van der Waals surface area contributed by atoms with E-state index in [1.807, 2.05) is 0 Å². The second-order valence-electron chi connectivity index (χ2n) is 9.15. The molecular formula is C33H37Cl2NO8. The summed E-state index contributed by atoms with van der Waals surface area (Å²) in [6.45, 7) is 1.96.